The fraction of sp³-hybridized carbons (Fsp3) is 0.0870. The number of fused-ring (bicyclic) bond motifs is 1. The van der Waals surface area contributed by atoms with E-state index >= 15 is 0 Å². The summed E-state index contributed by atoms with van der Waals surface area (Å²) in [5.41, 5.74) is 2.95. The van der Waals surface area contributed by atoms with Gasteiger partial charge in [0.25, 0.3) is 5.91 Å². The van der Waals surface area contributed by atoms with Gasteiger partial charge in [-0.1, -0.05) is 48.5 Å². The van der Waals surface area contributed by atoms with Crippen LogP contribution in [0.25, 0.3) is 22.0 Å². The molecule has 3 aromatic carbocycles. The van der Waals surface area contributed by atoms with Crippen molar-refractivity contribution in [2.75, 3.05) is 11.9 Å². The first-order valence-electron chi connectivity index (χ1n) is 9.32. The van der Waals surface area contributed by atoms with Gasteiger partial charge in [-0.2, -0.15) is 0 Å². The van der Waals surface area contributed by atoms with Crippen molar-refractivity contribution in [3.8, 4) is 17.0 Å². The number of thiazole rings is 1. The Kier molecular flexibility index (Phi) is 6.02. The van der Waals surface area contributed by atoms with Crippen LogP contribution in [0.3, 0.4) is 0 Å². The summed E-state index contributed by atoms with van der Waals surface area (Å²) in [7, 11) is 0. The molecule has 0 unspecified atom stereocenters. The van der Waals surface area contributed by atoms with Crippen LogP contribution in [-0.4, -0.2) is 22.6 Å². The van der Waals surface area contributed by atoms with E-state index in [1.165, 1.54) is 16.7 Å². The van der Waals surface area contributed by atoms with Gasteiger partial charge in [-0.05, 0) is 53.7 Å². The first-order chi connectivity index (χ1) is 14.6. The number of thiocarbonyl (C=S) groups is 1. The van der Waals surface area contributed by atoms with E-state index in [0.29, 0.717) is 10.9 Å². The number of carbonyl (C=O) groups is 1. The predicted octanol–water partition coefficient (Wildman–Crippen LogP) is 5.16. The first-order valence-corrected chi connectivity index (χ1v) is 10.6. The molecule has 0 saturated heterocycles. The van der Waals surface area contributed by atoms with E-state index in [9.17, 15) is 4.79 Å². The molecule has 0 spiro atoms. The highest BCUT2D eigenvalue weighted by Gasteiger charge is 2.10. The number of hydrogen-bond donors (Lipinski definition) is 2. The molecule has 0 bridgehead atoms. The number of nitrogens with zero attached hydrogens (tertiary/aromatic N) is 1. The fourth-order valence-electron chi connectivity index (χ4n) is 2.96. The Morgan fingerprint density at radius 2 is 1.90 bits per heavy atom. The minimum atomic E-state index is -0.333. The van der Waals surface area contributed by atoms with E-state index in [-0.39, 0.29) is 17.6 Å². The molecule has 4 aromatic rings. The minimum absolute atomic E-state index is 0.120. The maximum atomic E-state index is 12.1. The molecule has 2 N–H and O–H groups in total. The third-order valence-corrected chi connectivity index (χ3v) is 5.34. The molecule has 5 nitrogen and oxygen atoms in total. The topological polar surface area (TPSA) is 63.2 Å². The van der Waals surface area contributed by atoms with Crippen LogP contribution in [0.1, 0.15) is 5.56 Å². The van der Waals surface area contributed by atoms with Crippen LogP contribution >= 0.6 is 23.6 Å². The van der Waals surface area contributed by atoms with Crippen LogP contribution in [0.2, 0.25) is 0 Å². The Balaban J connectivity index is 1.33. The number of anilines is 1. The maximum absolute atomic E-state index is 12.1. The molecule has 1 heterocycles. The highest BCUT2D eigenvalue weighted by molar-refractivity contribution is 7.80. The Morgan fingerprint density at radius 3 is 2.73 bits per heavy atom. The van der Waals surface area contributed by atoms with Gasteiger partial charge < -0.3 is 10.1 Å². The molecule has 0 aliphatic rings. The summed E-state index contributed by atoms with van der Waals surface area (Å²) < 4.78 is 5.48. The second-order valence-corrected chi connectivity index (χ2v) is 7.97. The van der Waals surface area contributed by atoms with E-state index in [2.05, 4.69) is 39.9 Å². The average Bonchev–Trinajstić information content (AvgIpc) is 3.20. The Labute approximate surface area is 183 Å². The molecule has 150 valence electrons. The van der Waals surface area contributed by atoms with E-state index in [1.807, 2.05) is 48.7 Å². The third kappa shape index (κ3) is 5.00. The summed E-state index contributed by atoms with van der Waals surface area (Å²) in [5.74, 6) is 0.310. The largest absolute Gasteiger partial charge is 0.484 e. The van der Waals surface area contributed by atoms with Gasteiger partial charge in [-0.15, -0.1) is 11.3 Å². The van der Waals surface area contributed by atoms with Gasteiger partial charge in [0.2, 0.25) is 0 Å². The summed E-state index contributed by atoms with van der Waals surface area (Å²) in [4.78, 5) is 16.6. The van der Waals surface area contributed by atoms with Gasteiger partial charge in [0.15, 0.2) is 16.9 Å². The number of rotatable bonds is 5. The fourth-order valence-corrected chi connectivity index (χ4v) is 3.96. The lowest BCUT2D eigenvalue weighted by atomic mass is 10.1. The van der Waals surface area contributed by atoms with Crippen molar-refractivity contribution in [1.82, 2.24) is 10.3 Å². The van der Waals surface area contributed by atoms with E-state index in [0.717, 1.165) is 22.2 Å². The Morgan fingerprint density at radius 1 is 1.07 bits per heavy atom. The molecular weight excluding hydrogens is 414 g/mol. The molecule has 1 amide bonds. The summed E-state index contributed by atoms with van der Waals surface area (Å²) in [5, 5.41) is 10.7. The molecule has 0 radical (unpaired) electrons. The SMILES string of the molecule is Cc1cccc(OCC(=O)NC(=S)Nc2nc(-c3ccc4ccccc4c3)cs2)c1. The van der Waals surface area contributed by atoms with Gasteiger partial charge in [-0.3, -0.25) is 10.1 Å². The highest BCUT2D eigenvalue weighted by Crippen LogP contribution is 2.27. The van der Waals surface area contributed by atoms with Gasteiger partial charge in [0, 0.05) is 10.9 Å². The number of nitrogens with one attached hydrogen (secondary N) is 2. The minimum Gasteiger partial charge on any atom is -0.484 e. The molecule has 0 aliphatic carbocycles. The van der Waals surface area contributed by atoms with E-state index < -0.39 is 0 Å². The molecule has 4 rings (SSSR count). The highest BCUT2D eigenvalue weighted by atomic mass is 32.1. The number of benzene rings is 3. The zero-order valence-corrected chi connectivity index (χ0v) is 17.8. The van der Waals surface area contributed by atoms with Gasteiger partial charge in [-0.25, -0.2) is 4.98 Å². The summed E-state index contributed by atoms with van der Waals surface area (Å²) >= 11 is 6.65. The maximum Gasteiger partial charge on any atom is 0.264 e. The summed E-state index contributed by atoms with van der Waals surface area (Å²) in [6.07, 6.45) is 0. The predicted molar refractivity (Wildman–Crippen MR) is 126 cm³/mol. The van der Waals surface area contributed by atoms with E-state index in [4.69, 9.17) is 17.0 Å². The lowest BCUT2D eigenvalue weighted by molar-refractivity contribution is -0.121. The molecule has 0 atom stereocenters. The standard InChI is InChI=1S/C23H19N3O2S2/c1-15-5-4-8-19(11-15)28-13-21(27)25-22(29)26-23-24-20(14-30-23)18-10-9-16-6-2-3-7-17(16)12-18/h2-12,14H,13H2,1H3,(H2,24,25,26,27,29). The second-order valence-electron chi connectivity index (χ2n) is 6.71. The number of ether oxygens (including phenoxy) is 1. The zero-order valence-electron chi connectivity index (χ0n) is 16.2. The molecule has 7 heteroatoms. The van der Waals surface area contributed by atoms with E-state index in [1.54, 1.807) is 6.07 Å². The number of aromatic nitrogens is 1. The lowest BCUT2D eigenvalue weighted by Crippen LogP contribution is -2.37. The summed E-state index contributed by atoms with van der Waals surface area (Å²) in [6, 6.07) is 21.9. The molecule has 0 aliphatic heterocycles. The average molecular weight is 434 g/mol. The van der Waals surface area contributed by atoms with Crippen LogP contribution in [0.5, 0.6) is 5.75 Å². The van der Waals surface area contributed by atoms with Crippen molar-refractivity contribution in [3.63, 3.8) is 0 Å². The van der Waals surface area contributed by atoms with Crippen LogP contribution < -0.4 is 15.4 Å². The van der Waals surface area contributed by atoms with Crippen molar-refractivity contribution in [2.45, 2.75) is 6.92 Å². The quantitative estimate of drug-likeness (QED) is 0.426. The molecular formula is C23H19N3O2S2. The van der Waals surface area contributed by atoms with Crippen molar-refractivity contribution < 1.29 is 9.53 Å². The smallest absolute Gasteiger partial charge is 0.264 e. The Hall–Kier alpha value is -3.29. The van der Waals surface area contributed by atoms with Crippen molar-refractivity contribution in [1.29, 1.82) is 0 Å². The van der Waals surface area contributed by atoms with Gasteiger partial charge in [0.05, 0.1) is 5.69 Å². The molecule has 1 aromatic heterocycles. The number of amides is 1. The van der Waals surface area contributed by atoms with Gasteiger partial charge >= 0.3 is 0 Å². The third-order valence-electron chi connectivity index (χ3n) is 4.38. The molecule has 30 heavy (non-hydrogen) atoms. The van der Waals surface area contributed by atoms with Crippen LogP contribution in [-0.2, 0) is 4.79 Å². The molecule has 0 saturated carbocycles. The number of carbonyl (C=O) groups excluding carboxylic acids is 1. The normalized spacial score (nSPS) is 10.6. The van der Waals surface area contributed by atoms with Crippen LogP contribution in [0.15, 0.2) is 72.1 Å². The van der Waals surface area contributed by atoms with Crippen molar-refractivity contribution in [2.24, 2.45) is 0 Å². The lowest BCUT2D eigenvalue weighted by Gasteiger charge is -2.09. The summed E-state index contributed by atoms with van der Waals surface area (Å²) in [6.45, 7) is 1.84. The van der Waals surface area contributed by atoms with Crippen molar-refractivity contribution in [3.05, 3.63) is 77.7 Å². The zero-order chi connectivity index (χ0) is 20.9. The van der Waals surface area contributed by atoms with Crippen molar-refractivity contribution >= 4 is 50.5 Å². The van der Waals surface area contributed by atoms with Crippen LogP contribution in [0.4, 0.5) is 5.13 Å². The second kappa shape index (κ2) is 9.02. The monoisotopic (exact) mass is 433 g/mol. The van der Waals surface area contributed by atoms with Crippen LogP contribution in [0, 0.1) is 6.92 Å². The number of aryl methyl sites for hydroxylation is 1. The first kappa shape index (κ1) is 20.0. The Bertz CT molecular complexity index is 1220. The molecule has 0 fully saturated rings. The number of hydrogen-bond acceptors (Lipinski definition) is 5. The van der Waals surface area contributed by atoms with Gasteiger partial charge in [0.1, 0.15) is 5.75 Å².